The van der Waals surface area contributed by atoms with Crippen LogP contribution in [0.15, 0.2) is 146 Å². The highest BCUT2D eigenvalue weighted by Crippen LogP contribution is 2.46. The summed E-state index contributed by atoms with van der Waals surface area (Å²) in [6, 6.07) is 53.4. The standard InChI is InChI=1S/C40H24N2/c1-2-12-27(13-3-1)41-34-19-8-7-16-30(34)33-23-26(21-22-36(33)41)38-28-14-5-4-11-25(28)24-37-39(38)32-18-10-17-31-29-15-6-9-20-35(29)42(37)40(31)32/h1-24H. The van der Waals surface area contributed by atoms with Gasteiger partial charge in [-0.1, -0.05) is 103 Å². The molecule has 0 saturated carbocycles. The zero-order valence-electron chi connectivity index (χ0n) is 22.8. The summed E-state index contributed by atoms with van der Waals surface area (Å²) in [5.74, 6) is 0. The lowest BCUT2D eigenvalue weighted by Crippen LogP contribution is -1.93. The van der Waals surface area contributed by atoms with Crippen molar-refractivity contribution in [2.45, 2.75) is 0 Å². The molecule has 0 aliphatic carbocycles. The largest absolute Gasteiger partial charge is 0.309 e. The van der Waals surface area contributed by atoms with Gasteiger partial charge in [0.25, 0.3) is 0 Å². The van der Waals surface area contributed by atoms with Gasteiger partial charge in [0.2, 0.25) is 0 Å². The van der Waals surface area contributed by atoms with E-state index in [2.05, 4.69) is 155 Å². The number of nitrogens with zero attached hydrogens (tertiary/aromatic N) is 2. The molecular weight excluding hydrogens is 508 g/mol. The smallest absolute Gasteiger partial charge is 0.0620 e. The molecular formula is C40H24N2. The molecule has 0 aliphatic heterocycles. The average molecular weight is 533 g/mol. The number of benzene rings is 7. The van der Waals surface area contributed by atoms with Gasteiger partial charge in [-0.25, -0.2) is 0 Å². The molecule has 7 aromatic carbocycles. The summed E-state index contributed by atoms with van der Waals surface area (Å²) < 4.78 is 4.88. The summed E-state index contributed by atoms with van der Waals surface area (Å²) >= 11 is 0. The van der Waals surface area contributed by atoms with Gasteiger partial charge in [-0.05, 0) is 64.4 Å². The van der Waals surface area contributed by atoms with Gasteiger partial charge in [-0.3, -0.25) is 0 Å². The molecule has 0 spiro atoms. The molecule has 0 N–H and O–H groups in total. The molecule has 0 atom stereocenters. The van der Waals surface area contributed by atoms with Crippen molar-refractivity contribution in [3.8, 4) is 16.8 Å². The Morgan fingerprint density at radius 2 is 1.02 bits per heavy atom. The quantitative estimate of drug-likeness (QED) is 0.209. The topological polar surface area (TPSA) is 9.34 Å². The van der Waals surface area contributed by atoms with Crippen LogP contribution in [0, 0.1) is 0 Å². The van der Waals surface area contributed by atoms with E-state index < -0.39 is 0 Å². The first-order valence-electron chi connectivity index (χ1n) is 14.5. The van der Waals surface area contributed by atoms with E-state index in [4.69, 9.17) is 0 Å². The van der Waals surface area contributed by atoms with Crippen molar-refractivity contribution in [1.29, 1.82) is 0 Å². The van der Waals surface area contributed by atoms with E-state index in [-0.39, 0.29) is 0 Å². The van der Waals surface area contributed by atoms with E-state index in [0.717, 1.165) is 0 Å². The molecule has 0 saturated heterocycles. The number of hydrogen-bond donors (Lipinski definition) is 0. The fourth-order valence-electron chi connectivity index (χ4n) is 7.54. The Labute approximate surface area is 241 Å². The van der Waals surface area contributed by atoms with Crippen molar-refractivity contribution in [1.82, 2.24) is 8.97 Å². The second-order valence-corrected chi connectivity index (χ2v) is 11.3. The zero-order chi connectivity index (χ0) is 27.4. The lowest BCUT2D eigenvalue weighted by molar-refractivity contribution is 1.18. The Morgan fingerprint density at radius 1 is 0.381 bits per heavy atom. The third-order valence-corrected chi connectivity index (χ3v) is 9.21. The predicted molar refractivity (Wildman–Crippen MR) is 178 cm³/mol. The minimum atomic E-state index is 1.18. The van der Waals surface area contributed by atoms with Gasteiger partial charge in [0.05, 0.1) is 27.6 Å². The molecule has 2 heteroatoms. The van der Waals surface area contributed by atoms with Crippen LogP contribution >= 0.6 is 0 Å². The first-order valence-corrected chi connectivity index (χ1v) is 14.5. The van der Waals surface area contributed by atoms with E-state index in [1.54, 1.807) is 0 Å². The van der Waals surface area contributed by atoms with Crippen molar-refractivity contribution >= 4 is 70.7 Å². The Balaban J connectivity index is 1.39. The maximum absolute atomic E-state index is 2.49. The third-order valence-electron chi connectivity index (χ3n) is 9.21. The summed E-state index contributed by atoms with van der Waals surface area (Å²) in [4.78, 5) is 0. The van der Waals surface area contributed by atoms with Crippen LogP contribution in [0.2, 0.25) is 0 Å². The van der Waals surface area contributed by atoms with Crippen LogP contribution in [0.4, 0.5) is 0 Å². The summed E-state index contributed by atoms with van der Waals surface area (Å²) in [5.41, 5.74) is 10.0. The SMILES string of the molecule is c1ccc(-n2c3ccccc3c3cc(-c4c5ccccc5cc5c4c4cccc6c7ccccc7n5c64)ccc32)cc1. The van der Waals surface area contributed by atoms with E-state index in [9.17, 15) is 0 Å². The number of rotatable bonds is 2. The first-order chi connectivity index (χ1) is 20.9. The number of fused-ring (bicyclic) bond motifs is 10. The summed E-state index contributed by atoms with van der Waals surface area (Å²) in [6.45, 7) is 0. The molecule has 0 aliphatic rings. The van der Waals surface area contributed by atoms with Crippen LogP contribution in [0.5, 0.6) is 0 Å². The van der Waals surface area contributed by atoms with Crippen molar-refractivity contribution in [2.24, 2.45) is 0 Å². The minimum Gasteiger partial charge on any atom is -0.309 e. The first kappa shape index (κ1) is 22.1. The summed E-state index contributed by atoms with van der Waals surface area (Å²) in [7, 11) is 0. The minimum absolute atomic E-state index is 1.18. The van der Waals surface area contributed by atoms with Crippen LogP contribution in [0.1, 0.15) is 0 Å². The molecule has 10 rings (SSSR count). The second kappa shape index (κ2) is 7.99. The normalized spacial score (nSPS) is 12.3. The maximum atomic E-state index is 2.49. The molecule has 0 bridgehead atoms. The molecule has 0 amide bonds. The van der Waals surface area contributed by atoms with Gasteiger partial charge >= 0.3 is 0 Å². The van der Waals surface area contributed by atoms with Crippen molar-refractivity contribution in [3.05, 3.63) is 146 Å². The highest BCUT2D eigenvalue weighted by Gasteiger charge is 2.22. The monoisotopic (exact) mass is 532 g/mol. The van der Waals surface area contributed by atoms with Crippen molar-refractivity contribution in [2.75, 3.05) is 0 Å². The second-order valence-electron chi connectivity index (χ2n) is 11.3. The molecule has 0 unspecified atom stereocenters. The van der Waals surface area contributed by atoms with Gasteiger partial charge in [0, 0.05) is 38.0 Å². The van der Waals surface area contributed by atoms with Crippen LogP contribution < -0.4 is 0 Å². The van der Waals surface area contributed by atoms with Crippen molar-refractivity contribution < 1.29 is 0 Å². The Hall–Kier alpha value is -5.60. The maximum Gasteiger partial charge on any atom is 0.0620 e. The van der Waals surface area contributed by atoms with Gasteiger partial charge in [-0.2, -0.15) is 0 Å². The van der Waals surface area contributed by atoms with Crippen LogP contribution in [0.3, 0.4) is 0 Å². The van der Waals surface area contributed by atoms with Crippen LogP contribution in [-0.2, 0) is 0 Å². The van der Waals surface area contributed by atoms with Gasteiger partial charge in [0.1, 0.15) is 0 Å². The van der Waals surface area contributed by atoms with Gasteiger partial charge in [0.15, 0.2) is 0 Å². The van der Waals surface area contributed by atoms with E-state index in [0.29, 0.717) is 0 Å². The predicted octanol–water partition coefficient (Wildman–Crippen LogP) is 10.8. The van der Waals surface area contributed by atoms with E-state index >= 15 is 0 Å². The van der Waals surface area contributed by atoms with Crippen LogP contribution in [-0.4, -0.2) is 8.97 Å². The number of aromatic nitrogens is 2. The number of para-hydroxylation sites is 4. The highest BCUT2D eigenvalue weighted by molar-refractivity contribution is 6.29. The van der Waals surface area contributed by atoms with Crippen LogP contribution in [0.25, 0.3) is 87.5 Å². The van der Waals surface area contributed by atoms with Crippen molar-refractivity contribution in [3.63, 3.8) is 0 Å². The fraction of sp³-hybridized carbons (Fsp3) is 0. The molecule has 3 heterocycles. The molecule has 194 valence electrons. The third kappa shape index (κ3) is 2.74. The fourth-order valence-corrected chi connectivity index (χ4v) is 7.54. The zero-order valence-corrected chi connectivity index (χ0v) is 22.8. The molecule has 0 fully saturated rings. The molecule has 2 nitrogen and oxygen atoms in total. The lowest BCUT2D eigenvalue weighted by atomic mass is 9.92. The Morgan fingerprint density at radius 3 is 1.88 bits per heavy atom. The van der Waals surface area contributed by atoms with Gasteiger partial charge < -0.3 is 8.97 Å². The van der Waals surface area contributed by atoms with Gasteiger partial charge in [-0.15, -0.1) is 0 Å². The summed E-state index contributed by atoms with van der Waals surface area (Å²) in [6.07, 6.45) is 0. The Bertz CT molecular complexity index is 2670. The van der Waals surface area contributed by atoms with E-state index in [1.807, 2.05) is 0 Å². The Kier molecular flexibility index (Phi) is 4.21. The highest BCUT2D eigenvalue weighted by atomic mass is 15.0. The molecule has 42 heavy (non-hydrogen) atoms. The molecule has 0 radical (unpaired) electrons. The summed E-state index contributed by atoms with van der Waals surface area (Å²) in [5, 5.41) is 10.4. The molecule has 10 aromatic rings. The molecule has 3 aromatic heterocycles. The number of hydrogen-bond acceptors (Lipinski definition) is 0. The van der Waals surface area contributed by atoms with E-state index in [1.165, 1.54) is 87.5 Å². The lowest BCUT2D eigenvalue weighted by Gasteiger charge is -2.12. The average Bonchev–Trinajstić information content (AvgIpc) is 3.69.